The van der Waals surface area contributed by atoms with Crippen LogP contribution in [-0.4, -0.2) is 30.8 Å². The second-order valence-electron chi connectivity index (χ2n) is 8.16. The molecular formula is C27H24N6O2. The highest BCUT2D eigenvalue weighted by molar-refractivity contribution is 6.06. The van der Waals surface area contributed by atoms with E-state index in [9.17, 15) is 4.79 Å². The third-order valence-electron chi connectivity index (χ3n) is 5.57. The fourth-order valence-electron chi connectivity index (χ4n) is 3.81. The Morgan fingerprint density at radius 1 is 1.00 bits per heavy atom. The molecule has 0 aliphatic carbocycles. The molecule has 5 aromatic rings. The minimum absolute atomic E-state index is 0.199. The van der Waals surface area contributed by atoms with E-state index in [1.807, 2.05) is 63.2 Å². The Morgan fingerprint density at radius 2 is 1.89 bits per heavy atom. The van der Waals surface area contributed by atoms with E-state index in [2.05, 4.69) is 30.2 Å². The fraction of sp³-hybridized carbons (Fsp3) is 0.148. The molecule has 3 heterocycles. The number of aromatic nitrogens is 5. The van der Waals surface area contributed by atoms with Gasteiger partial charge in [-0.05, 0) is 74.0 Å². The molecule has 8 heteroatoms. The van der Waals surface area contributed by atoms with E-state index in [-0.39, 0.29) is 5.91 Å². The number of anilines is 1. The van der Waals surface area contributed by atoms with Gasteiger partial charge in [0.05, 0.1) is 22.3 Å². The molecule has 0 aliphatic heterocycles. The normalized spacial score (nSPS) is 10.9. The molecule has 35 heavy (non-hydrogen) atoms. The summed E-state index contributed by atoms with van der Waals surface area (Å²) in [7, 11) is 0. The van der Waals surface area contributed by atoms with E-state index in [4.69, 9.17) is 4.74 Å². The van der Waals surface area contributed by atoms with Crippen LogP contribution in [0, 0.1) is 13.8 Å². The Balaban J connectivity index is 1.35. The second-order valence-corrected chi connectivity index (χ2v) is 8.16. The molecule has 0 fully saturated rings. The van der Waals surface area contributed by atoms with Crippen molar-refractivity contribution in [1.29, 1.82) is 0 Å². The van der Waals surface area contributed by atoms with Gasteiger partial charge in [-0.25, -0.2) is 19.9 Å². The fourth-order valence-corrected chi connectivity index (χ4v) is 3.81. The van der Waals surface area contributed by atoms with Crippen molar-refractivity contribution in [3.8, 4) is 22.9 Å². The Bertz CT molecular complexity index is 1540. The number of pyridine rings is 1. The average Bonchev–Trinajstić information content (AvgIpc) is 3.25. The monoisotopic (exact) mass is 464 g/mol. The molecule has 5 rings (SSSR count). The van der Waals surface area contributed by atoms with Crippen molar-refractivity contribution in [2.75, 3.05) is 5.32 Å². The summed E-state index contributed by atoms with van der Waals surface area (Å²) >= 11 is 0. The lowest BCUT2D eigenvalue weighted by Gasteiger charge is -2.13. The summed E-state index contributed by atoms with van der Waals surface area (Å²) in [5, 5.41) is 2.95. The van der Waals surface area contributed by atoms with Gasteiger partial charge in [-0.3, -0.25) is 4.79 Å². The van der Waals surface area contributed by atoms with Crippen molar-refractivity contribution in [2.24, 2.45) is 0 Å². The van der Waals surface area contributed by atoms with Crippen molar-refractivity contribution in [3.63, 3.8) is 0 Å². The molecule has 1 amide bonds. The highest BCUT2D eigenvalue weighted by Crippen LogP contribution is 2.32. The number of carbonyl (C=O) groups excluding carboxylic acids is 1. The molecule has 0 bridgehead atoms. The molecule has 0 saturated heterocycles. The highest BCUT2D eigenvalue weighted by Gasteiger charge is 2.14. The Kier molecular flexibility index (Phi) is 5.93. The number of benzene rings is 2. The highest BCUT2D eigenvalue weighted by atomic mass is 16.5. The van der Waals surface area contributed by atoms with Crippen LogP contribution in [-0.2, 0) is 6.42 Å². The maximum Gasteiger partial charge on any atom is 0.255 e. The Morgan fingerprint density at radius 3 is 2.71 bits per heavy atom. The van der Waals surface area contributed by atoms with E-state index in [1.165, 1.54) is 0 Å². The zero-order valence-corrected chi connectivity index (χ0v) is 19.7. The smallest absolute Gasteiger partial charge is 0.255 e. The third-order valence-corrected chi connectivity index (χ3v) is 5.57. The lowest BCUT2D eigenvalue weighted by atomic mass is 10.1. The van der Waals surface area contributed by atoms with E-state index in [0.29, 0.717) is 22.9 Å². The van der Waals surface area contributed by atoms with Gasteiger partial charge in [0, 0.05) is 30.1 Å². The van der Waals surface area contributed by atoms with Crippen molar-refractivity contribution in [3.05, 3.63) is 89.8 Å². The van der Waals surface area contributed by atoms with Crippen LogP contribution >= 0.6 is 0 Å². The molecule has 2 aromatic carbocycles. The molecule has 0 atom stereocenters. The van der Waals surface area contributed by atoms with Crippen LogP contribution in [0.5, 0.6) is 11.6 Å². The summed E-state index contributed by atoms with van der Waals surface area (Å²) in [6.07, 6.45) is 4.17. The molecule has 2 N–H and O–H groups in total. The summed E-state index contributed by atoms with van der Waals surface area (Å²) < 4.78 is 6.17. The first-order chi connectivity index (χ1) is 17.0. The quantitative estimate of drug-likeness (QED) is 0.337. The number of nitrogens with one attached hydrogen (secondary N) is 2. The maximum absolute atomic E-state index is 12.8. The number of imidazole rings is 1. The van der Waals surface area contributed by atoms with Crippen LogP contribution in [0.4, 0.5) is 5.69 Å². The van der Waals surface area contributed by atoms with Gasteiger partial charge in [-0.2, -0.15) is 0 Å². The number of fused-ring (bicyclic) bond motifs is 1. The molecule has 0 aliphatic rings. The number of hydrogen-bond acceptors (Lipinski definition) is 6. The van der Waals surface area contributed by atoms with Crippen LogP contribution < -0.4 is 10.1 Å². The number of nitrogens with zero attached hydrogens (tertiary/aromatic N) is 4. The summed E-state index contributed by atoms with van der Waals surface area (Å²) in [6.45, 7) is 5.82. The van der Waals surface area contributed by atoms with Gasteiger partial charge in [-0.15, -0.1) is 0 Å². The van der Waals surface area contributed by atoms with E-state index >= 15 is 0 Å². The van der Waals surface area contributed by atoms with Crippen LogP contribution in [0.25, 0.3) is 22.3 Å². The number of hydrogen-bond donors (Lipinski definition) is 2. The first-order valence-electron chi connectivity index (χ1n) is 11.3. The molecule has 8 nitrogen and oxygen atoms in total. The molecule has 0 unspecified atom stereocenters. The van der Waals surface area contributed by atoms with Crippen LogP contribution in [0.1, 0.15) is 34.5 Å². The Hall–Kier alpha value is -4.59. The van der Waals surface area contributed by atoms with Crippen LogP contribution in [0.15, 0.2) is 67.0 Å². The number of aromatic amines is 1. The van der Waals surface area contributed by atoms with Crippen molar-refractivity contribution < 1.29 is 9.53 Å². The second kappa shape index (κ2) is 9.34. The number of H-pyrrole nitrogens is 1. The molecule has 3 aromatic heterocycles. The molecular weight excluding hydrogens is 440 g/mol. The van der Waals surface area contributed by atoms with Gasteiger partial charge in [0.15, 0.2) is 0 Å². The minimum atomic E-state index is -0.199. The Labute approximate surface area is 202 Å². The van der Waals surface area contributed by atoms with Gasteiger partial charge in [0.1, 0.15) is 17.4 Å². The van der Waals surface area contributed by atoms with Gasteiger partial charge in [0.2, 0.25) is 5.88 Å². The molecule has 0 saturated carbocycles. The summed E-state index contributed by atoms with van der Waals surface area (Å²) in [4.78, 5) is 33.6. The third kappa shape index (κ3) is 4.72. The van der Waals surface area contributed by atoms with Gasteiger partial charge in [0.25, 0.3) is 5.91 Å². The lowest BCUT2D eigenvalue weighted by molar-refractivity contribution is 0.102. The summed E-state index contributed by atoms with van der Waals surface area (Å²) in [6, 6.07) is 16.5. The number of ether oxygens (including phenoxy) is 1. The van der Waals surface area contributed by atoms with Gasteiger partial charge in [-0.1, -0.05) is 6.92 Å². The van der Waals surface area contributed by atoms with E-state index in [0.717, 1.165) is 45.9 Å². The topological polar surface area (TPSA) is 106 Å². The molecule has 0 radical (unpaired) electrons. The molecule has 0 spiro atoms. The number of amides is 1. The SMILES string of the molecule is CCc1nccc(-c2cccnc2Oc2ccc(NC(=O)c3ccc4nc(C)[nH]c4c3)cc2C)n1. The van der Waals surface area contributed by atoms with Gasteiger partial charge >= 0.3 is 0 Å². The van der Waals surface area contributed by atoms with E-state index < -0.39 is 0 Å². The van der Waals surface area contributed by atoms with Crippen LogP contribution in [0.3, 0.4) is 0 Å². The maximum atomic E-state index is 12.8. The lowest BCUT2D eigenvalue weighted by Crippen LogP contribution is -2.12. The molecule has 174 valence electrons. The number of rotatable bonds is 6. The largest absolute Gasteiger partial charge is 0.438 e. The number of aryl methyl sites for hydroxylation is 3. The standard InChI is InChI=1S/C27H24N6O2/c1-4-25-28-13-11-21(33-25)20-6-5-12-29-27(20)35-24-10-8-19(14-16(24)2)32-26(34)18-7-9-22-23(15-18)31-17(3)30-22/h5-15H,4H2,1-3H3,(H,30,31)(H,32,34). The van der Waals surface area contributed by atoms with Crippen LogP contribution in [0.2, 0.25) is 0 Å². The zero-order chi connectivity index (χ0) is 24.4. The minimum Gasteiger partial charge on any atom is -0.438 e. The summed E-state index contributed by atoms with van der Waals surface area (Å²) in [5.41, 5.74) is 5.28. The first kappa shape index (κ1) is 22.2. The summed E-state index contributed by atoms with van der Waals surface area (Å²) in [5.74, 6) is 2.47. The van der Waals surface area contributed by atoms with Gasteiger partial charge < -0.3 is 15.0 Å². The first-order valence-corrected chi connectivity index (χ1v) is 11.3. The predicted molar refractivity (Wildman–Crippen MR) is 135 cm³/mol. The average molecular weight is 465 g/mol. The van der Waals surface area contributed by atoms with E-state index in [1.54, 1.807) is 24.5 Å². The van der Waals surface area contributed by atoms with Crippen molar-refractivity contribution in [2.45, 2.75) is 27.2 Å². The predicted octanol–water partition coefficient (Wildman–Crippen LogP) is 5.64. The zero-order valence-electron chi connectivity index (χ0n) is 19.7. The number of carbonyl (C=O) groups is 1. The van der Waals surface area contributed by atoms with Crippen molar-refractivity contribution >= 4 is 22.6 Å². The van der Waals surface area contributed by atoms with Crippen molar-refractivity contribution in [1.82, 2.24) is 24.9 Å².